The van der Waals surface area contributed by atoms with Crippen molar-refractivity contribution in [3.8, 4) is 17.2 Å². The highest BCUT2D eigenvalue weighted by atomic mass is 19.3. The minimum Gasteiger partial charge on any atom is -0.454 e. The molecule has 27 heavy (non-hydrogen) atoms. The fraction of sp³-hybridized carbons (Fsp3) is 0.222. The van der Waals surface area contributed by atoms with Gasteiger partial charge in [-0.05, 0) is 47.5 Å². The van der Waals surface area contributed by atoms with Crippen LogP contribution in [0.4, 0.5) is 8.78 Å². The summed E-state index contributed by atoms with van der Waals surface area (Å²) in [5, 5.41) is 6.36. The van der Waals surface area contributed by atoms with Crippen LogP contribution in [0.15, 0.2) is 47.6 Å². The monoisotopic (exact) mass is 378 g/mol. The number of fused-ring (bicyclic) bond motifs is 1. The molecule has 3 rings (SSSR count). The van der Waals surface area contributed by atoms with E-state index in [1.165, 1.54) is 30.5 Å². The number of rotatable bonds is 8. The van der Waals surface area contributed by atoms with Crippen molar-refractivity contribution in [1.82, 2.24) is 5.32 Å². The van der Waals surface area contributed by atoms with Gasteiger partial charge in [-0.25, -0.2) is 0 Å². The first-order valence-corrected chi connectivity index (χ1v) is 7.95. The number of carbonyl (C=O) groups excluding carboxylic acids is 1. The molecule has 9 heteroatoms. The zero-order valence-corrected chi connectivity index (χ0v) is 14.1. The summed E-state index contributed by atoms with van der Waals surface area (Å²) in [5.74, 6) is 1.03. The molecule has 0 unspecified atom stereocenters. The summed E-state index contributed by atoms with van der Waals surface area (Å²) >= 11 is 0. The largest absolute Gasteiger partial charge is 0.454 e. The highest BCUT2D eigenvalue weighted by Crippen LogP contribution is 2.32. The number of carbonyl (C=O) groups is 1. The summed E-state index contributed by atoms with van der Waals surface area (Å²) in [4.78, 5) is 16.7. The predicted octanol–water partition coefficient (Wildman–Crippen LogP) is 2.68. The number of halogens is 2. The van der Waals surface area contributed by atoms with Crippen LogP contribution < -0.4 is 19.5 Å². The quantitative estimate of drug-likeness (QED) is 0.565. The number of oxime groups is 1. The Morgan fingerprint density at radius 3 is 2.74 bits per heavy atom. The van der Waals surface area contributed by atoms with Crippen LogP contribution in [0, 0.1) is 0 Å². The first-order chi connectivity index (χ1) is 13.1. The van der Waals surface area contributed by atoms with Gasteiger partial charge in [-0.2, -0.15) is 8.78 Å². The van der Waals surface area contributed by atoms with Gasteiger partial charge < -0.3 is 24.4 Å². The van der Waals surface area contributed by atoms with Gasteiger partial charge in [-0.1, -0.05) is 11.2 Å². The van der Waals surface area contributed by atoms with Gasteiger partial charge in [0.15, 0.2) is 18.1 Å². The van der Waals surface area contributed by atoms with E-state index >= 15 is 0 Å². The predicted molar refractivity (Wildman–Crippen MR) is 91.0 cm³/mol. The molecule has 7 nitrogen and oxygen atoms in total. The van der Waals surface area contributed by atoms with Crippen LogP contribution in [0.5, 0.6) is 17.2 Å². The van der Waals surface area contributed by atoms with Crippen molar-refractivity contribution in [3.05, 3.63) is 53.6 Å². The van der Waals surface area contributed by atoms with Crippen molar-refractivity contribution < 1.29 is 32.6 Å². The smallest absolute Gasteiger partial charge is 0.387 e. The van der Waals surface area contributed by atoms with E-state index in [9.17, 15) is 13.6 Å². The van der Waals surface area contributed by atoms with E-state index in [4.69, 9.17) is 14.3 Å². The molecule has 0 fully saturated rings. The van der Waals surface area contributed by atoms with E-state index in [2.05, 4.69) is 15.2 Å². The Labute approximate surface area is 153 Å². The zero-order valence-electron chi connectivity index (χ0n) is 14.1. The molecule has 1 N–H and O–H groups in total. The molecule has 1 amide bonds. The third kappa shape index (κ3) is 5.56. The maximum absolute atomic E-state index is 12.1. The lowest BCUT2D eigenvalue weighted by molar-refractivity contribution is -0.125. The summed E-state index contributed by atoms with van der Waals surface area (Å²) < 4.78 is 38.8. The molecule has 1 heterocycles. The third-order valence-corrected chi connectivity index (χ3v) is 3.50. The number of nitrogens with zero attached hydrogens (tertiary/aromatic N) is 1. The molecule has 142 valence electrons. The standard InChI is InChI=1S/C18H16F2N2O5/c19-18(20)27-14-4-1-12(2-5-14)9-22-26-10-17(23)21-8-13-3-6-15-16(7-13)25-11-24-15/h1-7,9,18H,8,10-11H2,(H,21,23)/b22-9-. The number of alkyl halides is 2. The van der Waals surface area contributed by atoms with Gasteiger partial charge in [0, 0.05) is 6.54 Å². The Morgan fingerprint density at radius 2 is 1.96 bits per heavy atom. The molecule has 0 saturated carbocycles. The number of ether oxygens (including phenoxy) is 3. The second-order valence-electron chi connectivity index (χ2n) is 5.42. The fourth-order valence-electron chi connectivity index (χ4n) is 2.23. The molecule has 0 radical (unpaired) electrons. The van der Waals surface area contributed by atoms with Gasteiger partial charge in [0.2, 0.25) is 6.79 Å². The van der Waals surface area contributed by atoms with Gasteiger partial charge in [-0.3, -0.25) is 4.79 Å². The highest BCUT2D eigenvalue weighted by molar-refractivity contribution is 5.80. The van der Waals surface area contributed by atoms with E-state index < -0.39 is 6.61 Å². The summed E-state index contributed by atoms with van der Waals surface area (Å²) in [6.07, 6.45) is 1.36. The number of benzene rings is 2. The van der Waals surface area contributed by atoms with Crippen LogP contribution in [0.2, 0.25) is 0 Å². The SMILES string of the molecule is O=C(CO/N=C\c1ccc(OC(F)F)cc1)NCc1ccc2c(c1)OCO2. The Hall–Kier alpha value is -3.36. The van der Waals surface area contributed by atoms with Gasteiger partial charge in [-0.15, -0.1) is 0 Å². The minimum atomic E-state index is -2.87. The topological polar surface area (TPSA) is 78.4 Å². The third-order valence-electron chi connectivity index (χ3n) is 3.50. The number of hydrogen-bond donors (Lipinski definition) is 1. The van der Waals surface area contributed by atoms with E-state index in [1.54, 1.807) is 12.1 Å². The van der Waals surface area contributed by atoms with Crippen molar-refractivity contribution in [2.75, 3.05) is 13.4 Å². The molecule has 0 bridgehead atoms. The van der Waals surface area contributed by atoms with Crippen LogP contribution in [0.3, 0.4) is 0 Å². The summed E-state index contributed by atoms with van der Waals surface area (Å²) in [5.41, 5.74) is 1.47. The van der Waals surface area contributed by atoms with Gasteiger partial charge in [0.1, 0.15) is 5.75 Å². The van der Waals surface area contributed by atoms with Crippen LogP contribution in [-0.4, -0.2) is 32.1 Å². The zero-order chi connectivity index (χ0) is 19.1. The molecule has 0 aliphatic carbocycles. The second kappa shape index (κ2) is 8.84. The first kappa shape index (κ1) is 18.4. The molecule has 0 spiro atoms. The van der Waals surface area contributed by atoms with Crippen LogP contribution in [-0.2, 0) is 16.2 Å². The van der Waals surface area contributed by atoms with Gasteiger partial charge >= 0.3 is 6.61 Å². The van der Waals surface area contributed by atoms with E-state index in [1.807, 2.05) is 6.07 Å². The Bertz CT molecular complexity index is 812. The van der Waals surface area contributed by atoms with E-state index in [0.29, 0.717) is 23.6 Å². The molecule has 0 saturated heterocycles. The second-order valence-corrected chi connectivity index (χ2v) is 5.42. The summed E-state index contributed by atoms with van der Waals surface area (Å²) in [7, 11) is 0. The fourth-order valence-corrected chi connectivity index (χ4v) is 2.23. The van der Waals surface area contributed by atoms with Crippen LogP contribution in [0.1, 0.15) is 11.1 Å². The van der Waals surface area contributed by atoms with Crippen molar-refractivity contribution in [2.24, 2.45) is 5.16 Å². The maximum Gasteiger partial charge on any atom is 0.387 e. The van der Waals surface area contributed by atoms with Crippen molar-refractivity contribution in [2.45, 2.75) is 13.2 Å². The van der Waals surface area contributed by atoms with Gasteiger partial charge in [0.05, 0.1) is 6.21 Å². The molecule has 1 aliphatic heterocycles. The number of amides is 1. The lowest BCUT2D eigenvalue weighted by atomic mass is 10.2. The lowest BCUT2D eigenvalue weighted by Gasteiger charge is -2.05. The van der Waals surface area contributed by atoms with E-state index in [-0.39, 0.29) is 25.1 Å². The molecule has 0 atom stereocenters. The maximum atomic E-state index is 12.1. The molecule has 1 aliphatic rings. The van der Waals surface area contributed by atoms with Crippen LogP contribution in [0.25, 0.3) is 0 Å². The average Bonchev–Trinajstić information content (AvgIpc) is 3.12. The highest BCUT2D eigenvalue weighted by Gasteiger charge is 2.13. The van der Waals surface area contributed by atoms with Crippen molar-refractivity contribution >= 4 is 12.1 Å². The van der Waals surface area contributed by atoms with Crippen molar-refractivity contribution in [1.29, 1.82) is 0 Å². The first-order valence-electron chi connectivity index (χ1n) is 7.95. The Morgan fingerprint density at radius 1 is 1.19 bits per heavy atom. The van der Waals surface area contributed by atoms with E-state index in [0.717, 1.165) is 5.56 Å². The Kier molecular flexibility index (Phi) is 6.03. The Balaban J connectivity index is 1.38. The molecule has 0 aromatic heterocycles. The molecular weight excluding hydrogens is 362 g/mol. The van der Waals surface area contributed by atoms with Crippen molar-refractivity contribution in [3.63, 3.8) is 0 Å². The average molecular weight is 378 g/mol. The lowest BCUT2D eigenvalue weighted by Crippen LogP contribution is -2.26. The molecular formula is C18H16F2N2O5. The minimum absolute atomic E-state index is 0.0472. The molecule has 2 aromatic carbocycles. The normalized spacial score (nSPS) is 12.4. The number of hydrogen-bond acceptors (Lipinski definition) is 6. The molecule has 2 aromatic rings. The summed E-state index contributed by atoms with van der Waals surface area (Å²) in [6.45, 7) is -2.62. The van der Waals surface area contributed by atoms with Crippen LogP contribution >= 0.6 is 0 Å². The van der Waals surface area contributed by atoms with Gasteiger partial charge in [0.25, 0.3) is 5.91 Å². The number of nitrogens with one attached hydrogen (secondary N) is 1. The summed E-state index contributed by atoms with van der Waals surface area (Å²) in [6, 6.07) is 11.2.